The average molecular weight is 270 g/mol. The summed E-state index contributed by atoms with van der Waals surface area (Å²) in [6.07, 6.45) is 3.52. The van der Waals surface area contributed by atoms with Gasteiger partial charge in [-0.05, 0) is 43.2 Å². The molecule has 0 aliphatic carbocycles. The first-order valence-electron chi connectivity index (χ1n) is 6.44. The number of aromatic nitrogens is 2. The van der Waals surface area contributed by atoms with E-state index in [2.05, 4.69) is 20.6 Å². The predicted octanol–water partition coefficient (Wildman–Crippen LogP) is 2.07. The largest absolute Gasteiger partial charge is 0.373 e. The molecule has 2 aromatic heterocycles. The van der Waals surface area contributed by atoms with E-state index in [1.807, 2.05) is 19.9 Å². The van der Waals surface area contributed by atoms with Crippen LogP contribution in [0, 0.1) is 13.8 Å². The van der Waals surface area contributed by atoms with Crippen molar-refractivity contribution < 1.29 is 4.79 Å². The van der Waals surface area contributed by atoms with Crippen LogP contribution < -0.4 is 10.6 Å². The first kappa shape index (κ1) is 14.0. The van der Waals surface area contributed by atoms with Crippen molar-refractivity contribution >= 4 is 11.7 Å². The fourth-order valence-corrected chi connectivity index (χ4v) is 1.91. The Morgan fingerprint density at radius 3 is 2.80 bits per heavy atom. The minimum Gasteiger partial charge on any atom is -0.373 e. The SMILES string of the molecule is CNc1cc(C(=O)NCc2ccncc2C)cc(C)n1. The van der Waals surface area contributed by atoms with Gasteiger partial charge in [0.15, 0.2) is 0 Å². The third-order valence-corrected chi connectivity index (χ3v) is 3.05. The Kier molecular flexibility index (Phi) is 4.30. The Morgan fingerprint density at radius 1 is 1.30 bits per heavy atom. The Hall–Kier alpha value is -2.43. The van der Waals surface area contributed by atoms with Crippen LogP contribution in [0.2, 0.25) is 0 Å². The lowest BCUT2D eigenvalue weighted by molar-refractivity contribution is 0.0950. The van der Waals surface area contributed by atoms with Crippen LogP contribution in [0.1, 0.15) is 27.2 Å². The van der Waals surface area contributed by atoms with Gasteiger partial charge in [-0.2, -0.15) is 0 Å². The molecule has 2 N–H and O–H groups in total. The molecule has 0 radical (unpaired) electrons. The zero-order chi connectivity index (χ0) is 14.5. The summed E-state index contributed by atoms with van der Waals surface area (Å²) in [5.74, 6) is 0.582. The molecule has 0 saturated heterocycles. The Labute approximate surface area is 118 Å². The number of nitrogens with one attached hydrogen (secondary N) is 2. The molecule has 0 aliphatic rings. The first-order valence-corrected chi connectivity index (χ1v) is 6.44. The third-order valence-electron chi connectivity index (χ3n) is 3.05. The molecular weight excluding hydrogens is 252 g/mol. The predicted molar refractivity (Wildman–Crippen MR) is 78.7 cm³/mol. The second-order valence-electron chi connectivity index (χ2n) is 4.62. The van der Waals surface area contributed by atoms with Gasteiger partial charge in [0, 0.05) is 37.2 Å². The number of hydrogen-bond donors (Lipinski definition) is 2. The van der Waals surface area contributed by atoms with Gasteiger partial charge in [-0.1, -0.05) is 0 Å². The van der Waals surface area contributed by atoms with Crippen molar-refractivity contribution in [2.45, 2.75) is 20.4 Å². The van der Waals surface area contributed by atoms with E-state index >= 15 is 0 Å². The Balaban J connectivity index is 2.09. The van der Waals surface area contributed by atoms with Crippen LogP contribution in [0.15, 0.2) is 30.6 Å². The van der Waals surface area contributed by atoms with Gasteiger partial charge in [0.25, 0.3) is 5.91 Å². The fourth-order valence-electron chi connectivity index (χ4n) is 1.91. The minimum absolute atomic E-state index is 0.108. The van der Waals surface area contributed by atoms with Gasteiger partial charge in [0.2, 0.25) is 0 Å². The summed E-state index contributed by atoms with van der Waals surface area (Å²) in [5.41, 5.74) is 3.54. The van der Waals surface area contributed by atoms with E-state index in [4.69, 9.17) is 0 Å². The quantitative estimate of drug-likeness (QED) is 0.892. The normalized spacial score (nSPS) is 10.2. The van der Waals surface area contributed by atoms with E-state index < -0.39 is 0 Å². The maximum atomic E-state index is 12.2. The smallest absolute Gasteiger partial charge is 0.251 e. The molecule has 0 atom stereocenters. The molecule has 5 heteroatoms. The van der Waals surface area contributed by atoms with Crippen molar-refractivity contribution in [1.29, 1.82) is 0 Å². The van der Waals surface area contributed by atoms with Gasteiger partial charge in [-0.3, -0.25) is 9.78 Å². The molecule has 0 bridgehead atoms. The Bertz CT molecular complexity index is 625. The molecule has 0 spiro atoms. The van der Waals surface area contributed by atoms with Crippen LogP contribution in [0.4, 0.5) is 5.82 Å². The number of pyridine rings is 2. The first-order chi connectivity index (χ1) is 9.60. The number of carbonyl (C=O) groups excluding carboxylic acids is 1. The zero-order valence-corrected chi connectivity index (χ0v) is 11.9. The molecular formula is C15H18N4O. The van der Waals surface area contributed by atoms with Gasteiger partial charge in [-0.15, -0.1) is 0 Å². The van der Waals surface area contributed by atoms with Gasteiger partial charge in [0.1, 0.15) is 5.82 Å². The molecule has 0 unspecified atom stereocenters. The summed E-state index contributed by atoms with van der Waals surface area (Å²) in [7, 11) is 1.78. The molecule has 104 valence electrons. The van der Waals surface area contributed by atoms with Crippen molar-refractivity contribution in [2.24, 2.45) is 0 Å². The van der Waals surface area contributed by atoms with Crippen molar-refractivity contribution in [2.75, 3.05) is 12.4 Å². The highest BCUT2D eigenvalue weighted by atomic mass is 16.1. The summed E-state index contributed by atoms with van der Waals surface area (Å²) in [6.45, 7) is 4.33. The molecule has 2 aromatic rings. The van der Waals surface area contributed by atoms with E-state index in [-0.39, 0.29) is 5.91 Å². The summed E-state index contributed by atoms with van der Waals surface area (Å²) in [4.78, 5) is 20.5. The van der Waals surface area contributed by atoms with Gasteiger partial charge >= 0.3 is 0 Å². The van der Waals surface area contributed by atoms with Gasteiger partial charge in [-0.25, -0.2) is 4.98 Å². The number of nitrogens with zero attached hydrogens (tertiary/aromatic N) is 2. The number of hydrogen-bond acceptors (Lipinski definition) is 4. The molecule has 0 fully saturated rings. The lowest BCUT2D eigenvalue weighted by Gasteiger charge is -2.09. The maximum Gasteiger partial charge on any atom is 0.251 e. The van der Waals surface area contributed by atoms with Crippen LogP contribution in [0.5, 0.6) is 0 Å². The van der Waals surface area contributed by atoms with Crippen LogP contribution in [0.25, 0.3) is 0 Å². The second kappa shape index (κ2) is 6.14. The lowest BCUT2D eigenvalue weighted by atomic mass is 10.1. The molecule has 1 amide bonds. The number of carbonyl (C=O) groups is 1. The number of amides is 1. The second-order valence-corrected chi connectivity index (χ2v) is 4.62. The number of anilines is 1. The third kappa shape index (κ3) is 3.32. The molecule has 20 heavy (non-hydrogen) atoms. The zero-order valence-electron chi connectivity index (χ0n) is 11.9. The molecule has 0 saturated carbocycles. The van der Waals surface area contributed by atoms with E-state index in [9.17, 15) is 4.79 Å². The molecule has 2 rings (SSSR count). The molecule has 0 aliphatic heterocycles. The van der Waals surface area contributed by atoms with Crippen LogP contribution >= 0.6 is 0 Å². The summed E-state index contributed by atoms with van der Waals surface area (Å²) in [6, 6.07) is 5.42. The van der Waals surface area contributed by atoms with Crippen molar-refractivity contribution in [3.05, 3.63) is 53.0 Å². The molecule has 5 nitrogen and oxygen atoms in total. The highest BCUT2D eigenvalue weighted by Crippen LogP contribution is 2.10. The molecule has 2 heterocycles. The van der Waals surface area contributed by atoms with Crippen LogP contribution in [0.3, 0.4) is 0 Å². The fraction of sp³-hybridized carbons (Fsp3) is 0.267. The molecule has 0 aromatic carbocycles. The van der Waals surface area contributed by atoms with Crippen LogP contribution in [-0.2, 0) is 6.54 Å². The Morgan fingerprint density at radius 2 is 2.10 bits per heavy atom. The van der Waals surface area contributed by atoms with E-state index in [1.54, 1.807) is 31.6 Å². The van der Waals surface area contributed by atoms with E-state index in [1.165, 1.54) is 0 Å². The summed E-state index contributed by atoms with van der Waals surface area (Å²) in [5, 5.41) is 5.86. The standard InChI is InChI=1S/C15H18N4O/c1-10-8-17-5-4-12(10)9-18-15(20)13-6-11(2)19-14(7-13)16-3/h4-8H,9H2,1-3H3,(H,16,19)(H,18,20). The topological polar surface area (TPSA) is 66.9 Å². The number of aryl methyl sites for hydroxylation is 2. The highest BCUT2D eigenvalue weighted by Gasteiger charge is 2.08. The van der Waals surface area contributed by atoms with Crippen molar-refractivity contribution in [1.82, 2.24) is 15.3 Å². The van der Waals surface area contributed by atoms with E-state index in [0.29, 0.717) is 17.9 Å². The lowest BCUT2D eigenvalue weighted by Crippen LogP contribution is -2.23. The summed E-state index contributed by atoms with van der Waals surface area (Å²) >= 11 is 0. The van der Waals surface area contributed by atoms with E-state index in [0.717, 1.165) is 16.8 Å². The van der Waals surface area contributed by atoms with Crippen molar-refractivity contribution in [3.8, 4) is 0 Å². The monoisotopic (exact) mass is 270 g/mol. The average Bonchev–Trinajstić information content (AvgIpc) is 2.45. The highest BCUT2D eigenvalue weighted by molar-refractivity contribution is 5.94. The number of rotatable bonds is 4. The van der Waals surface area contributed by atoms with Crippen LogP contribution in [-0.4, -0.2) is 22.9 Å². The van der Waals surface area contributed by atoms with Gasteiger partial charge < -0.3 is 10.6 Å². The summed E-state index contributed by atoms with van der Waals surface area (Å²) < 4.78 is 0. The van der Waals surface area contributed by atoms with Crippen molar-refractivity contribution in [3.63, 3.8) is 0 Å². The van der Waals surface area contributed by atoms with Gasteiger partial charge in [0.05, 0.1) is 0 Å². The minimum atomic E-state index is -0.108. The maximum absolute atomic E-state index is 12.2.